The molecular formula is C18H28N6O2P+. The first-order valence-corrected chi connectivity index (χ1v) is 11.8. The van der Waals surface area contributed by atoms with Crippen molar-refractivity contribution >= 4 is 19.0 Å². The van der Waals surface area contributed by atoms with Crippen LogP contribution in [0.3, 0.4) is 0 Å². The van der Waals surface area contributed by atoms with Gasteiger partial charge in [-0.1, -0.05) is 12.1 Å². The van der Waals surface area contributed by atoms with Crippen molar-refractivity contribution in [3.63, 3.8) is 0 Å². The van der Waals surface area contributed by atoms with Gasteiger partial charge in [-0.05, 0) is 60.7 Å². The maximum atomic E-state index is 6.48. The highest BCUT2D eigenvalue weighted by atomic mass is 31.2. The highest BCUT2D eigenvalue weighted by Gasteiger charge is 2.64. The molecule has 0 atom stereocenters. The summed E-state index contributed by atoms with van der Waals surface area (Å²) in [6.07, 6.45) is 7.41. The van der Waals surface area contributed by atoms with E-state index in [0.29, 0.717) is 0 Å². The van der Waals surface area contributed by atoms with Gasteiger partial charge in [0.25, 0.3) is 0 Å². The van der Waals surface area contributed by atoms with Gasteiger partial charge in [-0.2, -0.15) is 4.99 Å². The molecule has 3 aliphatic heterocycles. The molecule has 8 nitrogen and oxygen atoms in total. The van der Waals surface area contributed by atoms with E-state index in [1.54, 1.807) is 0 Å². The molecule has 27 heavy (non-hydrogen) atoms. The third-order valence-electron chi connectivity index (χ3n) is 5.88. The molecule has 5 rings (SSSR count). The van der Waals surface area contributed by atoms with E-state index in [9.17, 15) is 0 Å². The molecule has 0 bridgehead atoms. The molecule has 0 radical (unpaired) electrons. The smallest absolute Gasteiger partial charge is 0.177 e. The lowest BCUT2D eigenvalue weighted by Gasteiger charge is -2.38. The van der Waals surface area contributed by atoms with Crippen LogP contribution in [0.25, 0.3) is 11.0 Å². The van der Waals surface area contributed by atoms with Crippen LogP contribution in [-0.4, -0.2) is 68.4 Å². The summed E-state index contributed by atoms with van der Waals surface area (Å²) < 4.78 is 14.2. The molecule has 0 N–H and O–H groups in total. The molecule has 0 unspecified atom stereocenters. The van der Waals surface area contributed by atoms with Gasteiger partial charge in [0.2, 0.25) is 0 Å². The average molecular weight is 391 g/mol. The molecule has 3 saturated heterocycles. The normalized spacial score (nSPS) is 23.0. The van der Waals surface area contributed by atoms with E-state index in [1.807, 2.05) is 24.3 Å². The Morgan fingerprint density at radius 2 is 1.26 bits per heavy atom. The summed E-state index contributed by atoms with van der Waals surface area (Å²) in [6.45, 7) is 6.51. The molecule has 4 heterocycles. The summed E-state index contributed by atoms with van der Waals surface area (Å²) in [6, 6.07) is 7.82. The van der Waals surface area contributed by atoms with Crippen molar-refractivity contribution in [1.29, 1.82) is 0 Å². The van der Waals surface area contributed by atoms with Crippen molar-refractivity contribution in [3.05, 3.63) is 24.3 Å². The van der Waals surface area contributed by atoms with Crippen molar-refractivity contribution in [1.82, 2.24) is 29.2 Å². The molecule has 0 aliphatic carbocycles. The topological polar surface area (TPSA) is 58.9 Å². The Morgan fingerprint density at radius 3 is 1.81 bits per heavy atom. The van der Waals surface area contributed by atoms with Crippen molar-refractivity contribution in [2.75, 3.05) is 39.3 Å². The second-order valence-electron chi connectivity index (χ2n) is 7.60. The van der Waals surface area contributed by atoms with Crippen molar-refractivity contribution < 1.29 is 9.66 Å². The van der Waals surface area contributed by atoms with Gasteiger partial charge in [0.1, 0.15) is 11.0 Å². The number of nitrogens with zero attached hydrogens (tertiary/aromatic N) is 6. The standard InChI is InChI=1S/C18H28N6O2P/c1-2-10-18-17(9-1)19-20-24(18)25-26-27(21-11-3-4-12-21,22-13-5-6-14-22)23-15-7-8-16-23/h1-2,9-10H,3-8,11-16H2/q+1. The highest BCUT2D eigenvalue weighted by Crippen LogP contribution is 2.70. The van der Waals surface area contributed by atoms with Crippen LogP contribution in [0.5, 0.6) is 0 Å². The van der Waals surface area contributed by atoms with Gasteiger partial charge in [0, 0.05) is 43.9 Å². The minimum atomic E-state index is -2.17. The third kappa shape index (κ3) is 3.13. The molecule has 146 valence electrons. The lowest BCUT2D eigenvalue weighted by molar-refractivity contribution is -0.227. The van der Waals surface area contributed by atoms with Crippen molar-refractivity contribution in [2.45, 2.75) is 38.5 Å². The van der Waals surface area contributed by atoms with Crippen molar-refractivity contribution in [3.8, 4) is 0 Å². The molecule has 1 aromatic heterocycles. The first-order valence-electron chi connectivity index (χ1n) is 10.2. The van der Waals surface area contributed by atoms with Crippen LogP contribution in [-0.2, 0) is 4.67 Å². The van der Waals surface area contributed by atoms with Crippen LogP contribution in [0, 0.1) is 0 Å². The fourth-order valence-electron chi connectivity index (χ4n) is 4.54. The Hall–Kier alpha value is -1.31. The van der Waals surface area contributed by atoms with E-state index in [0.717, 1.165) is 50.3 Å². The number of hydrogen-bond acceptors (Lipinski definition) is 7. The lowest BCUT2D eigenvalue weighted by atomic mass is 10.3. The quantitative estimate of drug-likeness (QED) is 0.426. The predicted molar refractivity (Wildman–Crippen MR) is 105 cm³/mol. The van der Waals surface area contributed by atoms with E-state index in [2.05, 4.69) is 24.3 Å². The summed E-state index contributed by atoms with van der Waals surface area (Å²) in [7, 11) is -2.17. The van der Waals surface area contributed by atoms with Crippen LogP contribution < -0.4 is 4.99 Å². The summed E-state index contributed by atoms with van der Waals surface area (Å²) in [5, 5.41) is 8.35. The monoisotopic (exact) mass is 391 g/mol. The van der Waals surface area contributed by atoms with Crippen LogP contribution in [0.1, 0.15) is 38.5 Å². The van der Waals surface area contributed by atoms with Crippen LogP contribution in [0.4, 0.5) is 0 Å². The number of hydrogen-bond donors (Lipinski definition) is 0. The molecule has 0 amide bonds. The number of rotatable bonds is 6. The highest BCUT2D eigenvalue weighted by molar-refractivity contribution is 7.64. The zero-order chi connectivity index (χ0) is 18.1. The van der Waals surface area contributed by atoms with Crippen LogP contribution in [0.15, 0.2) is 24.3 Å². The van der Waals surface area contributed by atoms with Gasteiger partial charge < -0.3 is 0 Å². The van der Waals surface area contributed by atoms with Gasteiger partial charge >= 0.3 is 7.94 Å². The molecular weight excluding hydrogens is 363 g/mol. The van der Waals surface area contributed by atoms with E-state index < -0.39 is 7.94 Å². The second kappa shape index (κ2) is 7.60. The maximum absolute atomic E-state index is 6.48. The molecule has 9 heteroatoms. The number of fused-ring (bicyclic) bond motifs is 1. The minimum absolute atomic E-state index is 0.813. The maximum Gasteiger partial charge on any atom is 0.428 e. The fraction of sp³-hybridized carbons (Fsp3) is 0.667. The Kier molecular flexibility index (Phi) is 5.00. The van der Waals surface area contributed by atoms with Gasteiger partial charge in [-0.15, -0.1) is 19.1 Å². The Morgan fingerprint density at radius 1 is 0.741 bits per heavy atom. The van der Waals surface area contributed by atoms with E-state index in [-0.39, 0.29) is 0 Å². The Balaban J connectivity index is 1.48. The molecule has 0 spiro atoms. The SMILES string of the molecule is c1ccc2c(c1)nnn2OO[P+](N1CCCC1)(N1CCCC1)N1CCCC1. The molecule has 1 aromatic carbocycles. The Bertz CT molecular complexity index is 727. The summed E-state index contributed by atoms with van der Waals surface area (Å²) in [4.78, 5) is 7.37. The van der Waals surface area contributed by atoms with Gasteiger partial charge in [-0.25, -0.2) is 0 Å². The Labute approximate surface area is 160 Å². The summed E-state index contributed by atoms with van der Waals surface area (Å²) in [5.41, 5.74) is 1.65. The minimum Gasteiger partial charge on any atom is -0.177 e. The summed E-state index contributed by atoms with van der Waals surface area (Å²) in [5.74, 6) is 0. The van der Waals surface area contributed by atoms with E-state index in [4.69, 9.17) is 9.66 Å². The van der Waals surface area contributed by atoms with Gasteiger partial charge in [-0.3, -0.25) is 0 Å². The first kappa shape index (κ1) is 17.8. The molecule has 2 aromatic rings. The van der Waals surface area contributed by atoms with E-state index >= 15 is 0 Å². The first-order chi connectivity index (χ1) is 13.4. The zero-order valence-electron chi connectivity index (χ0n) is 15.7. The zero-order valence-corrected chi connectivity index (χ0v) is 16.6. The largest absolute Gasteiger partial charge is 0.428 e. The van der Waals surface area contributed by atoms with E-state index in [1.165, 1.54) is 43.4 Å². The molecule has 3 aliphatic rings. The number of aromatic nitrogens is 3. The third-order valence-corrected chi connectivity index (χ3v) is 9.56. The van der Waals surface area contributed by atoms with Gasteiger partial charge in [0.05, 0.1) is 0 Å². The second-order valence-corrected chi connectivity index (χ2v) is 10.5. The number of para-hydroxylation sites is 1. The predicted octanol–water partition coefficient (Wildman–Crippen LogP) is 2.76. The fourth-order valence-corrected chi connectivity index (χ4v) is 8.46. The van der Waals surface area contributed by atoms with Crippen molar-refractivity contribution in [2.24, 2.45) is 0 Å². The molecule has 0 saturated carbocycles. The van der Waals surface area contributed by atoms with Crippen LogP contribution >= 0.6 is 7.94 Å². The van der Waals surface area contributed by atoms with Crippen LogP contribution in [0.2, 0.25) is 0 Å². The lowest BCUT2D eigenvalue weighted by Crippen LogP contribution is -2.45. The average Bonchev–Trinajstić information content (AvgIpc) is 3.51. The summed E-state index contributed by atoms with van der Waals surface area (Å²) >= 11 is 0. The van der Waals surface area contributed by atoms with Gasteiger partial charge in [0.15, 0.2) is 0 Å². The molecule has 3 fully saturated rings. The number of benzene rings is 1.